The highest BCUT2D eigenvalue weighted by molar-refractivity contribution is 7.89. The number of nitrogens with one attached hydrogen (secondary N) is 1. The van der Waals surface area contributed by atoms with Gasteiger partial charge in [-0.1, -0.05) is 37.1 Å². The molecule has 1 amide bonds. The number of amides is 1. The molecular formula is C22H22N2O5S. The quantitative estimate of drug-likeness (QED) is 0.643. The summed E-state index contributed by atoms with van der Waals surface area (Å²) in [5.41, 5.74) is -0.206. The van der Waals surface area contributed by atoms with E-state index in [9.17, 15) is 18.0 Å². The second kappa shape index (κ2) is 8.41. The average Bonchev–Trinajstić information content (AvgIpc) is 3.03. The van der Waals surface area contributed by atoms with Crippen LogP contribution in [-0.2, 0) is 10.0 Å². The summed E-state index contributed by atoms with van der Waals surface area (Å²) in [5.74, 6) is -0.654. The fourth-order valence-electron chi connectivity index (χ4n) is 3.58. The molecule has 0 radical (unpaired) electrons. The molecular weight excluding hydrogens is 404 g/mol. The Labute approximate surface area is 174 Å². The van der Waals surface area contributed by atoms with Crippen LogP contribution in [0.3, 0.4) is 0 Å². The van der Waals surface area contributed by atoms with E-state index in [1.807, 2.05) is 0 Å². The standard InChI is InChI=1S/C22H22N2O5S/c25-21(19-14-16-8-3-4-11-20(16)29-22(19)26)23-17-9-7-10-18(15-17)30(27,28)24-12-5-1-2-6-13-24/h3-4,7-11,14-15H,1-2,5-6,12-13H2,(H,23,25). The fraction of sp³-hybridized carbons (Fsp3) is 0.273. The van der Waals surface area contributed by atoms with Gasteiger partial charge in [-0.15, -0.1) is 0 Å². The van der Waals surface area contributed by atoms with E-state index in [0.717, 1.165) is 25.7 Å². The molecule has 4 rings (SSSR count). The van der Waals surface area contributed by atoms with Crippen LogP contribution in [-0.4, -0.2) is 31.7 Å². The Hall–Kier alpha value is -2.97. The SMILES string of the molecule is O=C(Nc1cccc(S(=O)(=O)N2CCCCCC2)c1)c1cc2ccccc2oc1=O. The zero-order valence-electron chi connectivity index (χ0n) is 16.3. The maximum atomic E-state index is 13.0. The van der Waals surface area contributed by atoms with Gasteiger partial charge in [-0.2, -0.15) is 4.31 Å². The lowest BCUT2D eigenvalue weighted by atomic mass is 10.1. The molecule has 0 saturated carbocycles. The van der Waals surface area contributed by atoms with Crippen molar-refractivity contribution in [2.24, 2.45) is 0 Å². The van der Waals surface area contributed by atoms with Gasteiger partial charge in [-0.3, -0.25) is 4.79 Å². The Balaban J connectivity index is 1.59. The van der Waals surface area contributed by atoms with E-state index >= 15 is 0 Å². The van der Waals surface area contributed by atoms with Crippen molar-refractivity contribution in [2.45, 2.75) is 30.6 Å². The number of para-hydroxylation sites is 1. The van der Waals surface area contributed by atoms with Crippen LogP contribution in [0.5, 0.6) is 0 Å². The predicted molar refractivity (Wildman–Crippen MR) is 114 cm³/mol. The van der Waals surface area contributed by atoms with Gasteiger partial charge in [0, 0.05) is 24.2 Å². The Bertz CT molecular complexity index is 1240. The predicted octanol–water partition coefficient (Wildman–Crippen LogP) is 3.61. The molecule has 0 aliphatic carbocycles. The lowest BCUT2D eigenvalue weighted by Gasteiger charge is -2.20. The third-order valence-corrected chi connectivity index (χ3v) is 7.08. The van der Waals surface area contributed by atoms with Crippen LogP contribution in [0, 0.1) is 0 Å². The van der Waals surface area contributed by atoms with Crippen LogP contribution in [0.4, 0.5) is 5.69 Å². The van der Waals surface area contributed by atoms with Gasteiger partial charge >= 0.3 is 5.63 Å². The summed E-state index contributed by atoms with van der Waals surface area (Å²) in [4.78, 5) is 25.0. The van der Waals surface area contributed by atoms with Crippen LogP contribution < -0.4 is 10.9 Å². The molecule has 2 heterocycles. The zero-order valence-corrected chi connectivity index (χ0v) is 17.2. The zero-order chi connectivity index (χ0) is 21.1. The van der Waals surface area contributed by atoms with Gasteiger partial charge in [0.2, 0.25) is 10.0 Å². The highest BCUT2D eigenvalue weighted by Gasteiger charge is 2.25. The van der Waals surface area contributed by atoms with Crippen molar-refractivity contribution in [3.8, 4) is 0 Å². The summed E-state index contributed by atoms with van der Waals surface area (Å²) in [5, 5.41) is 3.23. The van der Waals surface area contributed by atoms with Gasteiger partial charge in [-0.25, -0.2) is 13.2 Å². The molecule has 2 aromatic carbocycles. The summed E-state index contributed by atoms with van der Waals surface area (Å²) in [6, 6.07) is 14.5. The highest BCUT2D eigenvalue weighted by Crippen LogP contribution is 2.23. The normalized spacial score (nSPS) is 15.6. The van der Waals surface area contributed by atoms with Gasteiger partial charge in [0.05, 0.1) is 4.90 Å². The number of sulfonamides is 1. The van der Waals surface area contributed by atoms with Crippen molar-refractivity contribution in [1.29, 1.82) is 0 Å². The molecule has 7 nitrogen and oxygen atoms in total. The minimum atomic E-state index is -3.64. The summed E-state index contributed by atoms with van der Waals surface area (Å²) in [6.07, 6.45) is 3.73. The molecule has 30 heavy (non-hydrogen) atoms. The monoisotopic (exact) mass is 426 g/mol. The molecule has 1 aromatic heterocycles. The van der Waals surface area contributed by atoms with Crippen molar-refractivity contribution in [2.75, 3.05) is 18.4 Å². The van der Waals surface area contributed by atoms with Crippen LogP contribution in [0.2, 0.25) is 0 Å². The van der Waals surface area contributed by atoms with E-state index in [4.69, 9.17) is 4.42 Å². The number of hydrogen-bond acceptors (Lipinski definition) is 5. The van der Waals surface area contributed by atoms with Gasteiger partial charge in [0.1, 0.15) is 11.1 Å². The van der Waals surface area contributed by atoms with E-state index in [1.165, 1.54) is 22.5 Å². The number of fused-ring (bicyclic) bond motifs is 1. The first-order valence-electron chi connectivity index (χ1n) is 9.90. The first-order chi connectivity index (χ1) is 14.4. The number of nitrogens with zero attached hydrogens (tertiary/aromatic N) is 1. The molecule has 1 saturated heterocycles. The number of carbonyl (C=O) groups excluding carboxylic acids is 1. The maximum Gasteiger partial charge on any atom is 0.349 e. The van der Waals surface area contributed by atoms with Gasteiger partial charge in [-0.05, 0) is 43.2 Å². The minimum absolute atomic E-state index is 0.118. The largest absolute Gasteiger partial charge is 0.422 e. The molecule has 8 heteroatoms. The lowest BCUT2D eigenvalue weighted by Crippen LogP contribution is -2.32. The molecule has 3 aromatic rings. The Morgan fingerprint density at radius 3 is 2.43 bits per heavy atom. The van der Waals surface area contributed by atoms with Crippen LogP contribution in [0.25, 0.3) is 11.0 Å². The first kappa shape index (κ1) is 20.3. The van der Waals surface area contributed by atoms with Gasteiger partial charge in [0.25, 0.3) is 5.91 Å². The number of rotatable bonds is 4. The molecule has 1 fully saturated rings. The number of carbonyl (C=O) groups is 1. The second-order valence-corrected chi connectivity index (χ2v) is 9.22. The van der Waals surface area contributed by atoms with E-state index in [1.54, 1.807) is 36.4 Å². The van der Waals surface area contributed by atoms with E-state index < -0.39 is 21.6 Å². The van der Waals surface area contributed by atoms with Crippen LogP contribution >= 0.6 is 0 Å². The lowest BCUT2D eigenvalue weighted by molar-refractivity contribution is 0.102. The topological polar surface area (TPSA) is 96.7 Å². The first-order valence-corrected chi connectivity index (χ1v) is 11.3. The Morgan fingerprint density at radius 1 is 0.933 bits per heavy atom. The minimum Gasteiger partial charge on any atom is -0.422 e. The van der Waals surface area contributed by atoms with E-state index in [0.29, 0.717) is 29.7 Å². The average molecular weight is 426 g/mol. The van der Waals surface area contributed by atoms with Crippen LogP contribution in [0.1, 0.15) is 36.0 Å². The summed E-state index contributed by atoms with van der Waals surface area (Å²) in [7, 11) is -3.64. The summed E-state index contributed by atoms with van der Waals surface area (Å²) in [6.45, 7) is 0.994. The number of anilines is 1. The van der Waals surface area contributed by atoms with Gasteiger partial charge < -0.3 is 9.73 Å². The Morgan fingerprint density at radius 2 is 1.67 bits per heavy atom. The van der Waals surface area contributed by atoms with Gasteiger partial charge in [0.15, 0.2) is 0 Å². The van der Waals surface area contributed by atoms with Crippen molar-refractivity contribution < 1.29 is 17.6 Å². The highest BCUT2D eigenvalue weighted by atomic mass is 32.2. The van der Waals surface area contributed by atoms with Crippen molar-refractivity contribution in [3.63, 3.8) is 0 Å². The fourth-order valence-corrected chi connectivity index (χ4v) is 5.15. The molecule has 0 spiro atoms. The molecule has 156 valence electrons. The maximum absolute atomic E-state index is 13.0. The third-order valence-electron chi connectivity index (χ3n) is 5.18. The van der Waals surface area contributed by atoms with E-state index in [2.05, 4.69) is 5.32 Å². The smallest absolute Gasteiger partial charge is 0.349 e. The summed E-state index contributed by atoms with van der Waals surface area (Å²) < 4.78 is 32.7. The van der Waals surface area contributed by atoms with Crippen LogP contribution in [0.15, 0.2) is 68.7 Å². The molecule has 0 atom stereocenters. The van der Waals surface area contributed by atoms with Crippen molar-refractivity contribution in [3.05, 3.63) is 70.6 Å². The third kappa shape index (κ3) is 4.15. The van der Waals surface area contributed by atoms with Crippen molar-refractivity contribution >= 4 is 32.6 Å². The van der Waals surface area contributed by atoms with E-state index in [-0.39, 0.29) is 10.5 Å². The molecule has 1 aliphatic heterocycles. The second-order valence-electron chi connectivity index (χ2n) is 7.29. The molecule has 0 bridgehead atoms. The number of hydrogen-bond donors (Lipinski definition) is 1. The molecule has 0 unspecified atom stereocenters. The van der Waals surface area contributed by atoms with Crippen molar-refractivity contribution in [1.82, 2.24) is 4.31 Å². The molecule has 1 aliphatic rings. The molecule has 1 N–H and O–H groups in total. The summed E-state index contributed by atoms with van der Waals surface area (Å²) >= 11 is 0. The number of benzene rings is 2. The Kier molecular flexibility index (Phi) is 5.69.